The van der Waals surface area contributed by atoms with Crippen LogP contribution in [0.4, 0.5) is 0 Å². The van der Waals surface area contributed by atoms with Gasteiger partial charge in [-0.3, -0.25) is 29.4 Å². The molecule has 114 heavy (non-hydrogen) atoms. The summed E-state index contributed by atoms with van der Waals surface area (Å²) < 4.78 is 0. The Kier molecular flexibility index (Phi) is 35.3. The summed E-state index contributed by atoms with van der Waals surface area (Å²) in [6.45, 7) is 83.9. The van der Waals surface area contributed by atoms with Crippen LogP contribution in [0.25, 0.3) is 0 Å². The van der Waals surface area contributed by atoms with E-state index < -0.39 is 0 Å². The average Bonchev–Trinajstić information content (AvgIpc) is 1.60. The van der Waals surface area contributed by atoms with Crippen molar-refractivity contribution >= 4 is 0 Å². The van der Waals surface area contributed by atoms with Crippen molar-refractivity contribution in [2.45, 2.75) is 350 Å². The third kappa shape index (κ3) is 27.4. The third-order valence-corrected chi connectivity index (χ3v) is 33.7. The Bertz CT molecular complexity index is 2720. The Morgan fingerprint density at radius 1 is 0.184 bits per heavy atom. The van der Waals surface area contributed by atoms with Gasteiger partial charge in [-0.1, -0.05) is 0 Å². The first kappa shape index (κ1) is 97.2. The molecule has 0 radical (unpaired) electrons. The Balaban J connectivity index is 0.000000149. The van der Waals surface area contributed by atoms with Crippen LogP contribution in [0, 0.1) is 32.5 Å². The number of likely N-dealkylation sites (N-methyl/N-ethyl adjacent to an activating group) is 2. The van der Waals surface area contributed by atoms with Gasteiger partial charge >= 0.3 is 0 Å². The van der Waals surface area contributed by atoms with Gasteiger partial charge in [-0.2, -0.15) is 0 Å². The van der Waals surface area contributed by atoms with Gasteiger partial charge in [-0.05, 0) is 493 Å². The monoisotopic (exact) mass is 1600 g/mol. The van der Waals surface area contributed by atoms with Crippen molar-refractivity contribution in [1.29, 1.82) is 0 Å². The van der Waals surface area contributed by atoms with Gasteiger partial charge in [0.1, 0.15) is 0 Å². The standard InChI is InChI=1S/5C13H26N2.C12H24N2.C11H22N2.C10H20N2/c1-12(2,3)15-9-6-13(7-10-15)5-8-14(4)11-13;1-12(2)15-10-6-13(7-11-15)4-8-14(3)9-5-13;1-12(2,3)15-8-5-6-13(11-15)7-9-14(4)10-13;1-12(2)15-8-4-5-13(11-15)6-9-14(3)10-7-13;1-12(2)15-9-6-13(7-10-15)5-4-8-14(3)11-13;1-11(2)14-9-5-7-12(10-14)6-4-8-13(12)3;1-10(2,3)13-7-5-11(6-8-13)9-12(11)4;1-9(2)12-5-4-10(8-12)6-11(3)7-10/h5-11H2,1-4H3;12H,4-11H2,1-3H3;5-11H2,1-4H3;2*12H,4-11H2,1-3H3;11H,4-10H2,1-3H3;5-9H2,1-4H3;9H,4-8H2,1-3H3. The molecule has 16 aliphatic heterocycles. The summed E-state index contributed by atoms with van der Waals surface area (Å²) in [7, 11) is 18.1. The minimum absolute atomic E-state index is 0.356. The molecule has 3 atom stereocenters. The lowest BCUT2D eigenvalue weighted by molar-refractivity contribution is 0.0178. The lowest BCUT2D eigenvalue weighted by atomic mass is 9.71. The van der Waals surface area contributed by atoms with Gasteiger partial charge in [0, 0.05) is 142 Å². The molecule has 16 fully saturated rings. The minimum Gasteiger partial charge on any atom is -0.306 e. The van der Waals surface area contributed by atoms with Crippen LogP contribution in [0.15, 0.2) is 0 Å². The van der Waals surface area contributed by atoms with E-state index in [1.165, 1.54) is 357 Å². The van der Waals surface area contributed by atoms with Crippen LogP contribution < -0.4 is 0 Å². The van der Waals surface area contributed by atoms with Crippen LogP contribution in [0.2, 0.25) is 0 Å². The molecule has 16 heterocycles. The van der Waals surface area contributed by atoms with Crippen LogP contribution in [0.3, 0.4) is 0 Å². The number of hydrogen-bond acceptors (Lipinski definition) is 16. The van der Waals surface area contributed by atoms with Crippen LogP contribution in [-0.4, -0.2) is 389 Å². The molecule has 16 nitrogen and oxygen atoms in total. The van der Waals surface area contributed by atoms with Crippen LogP contribution in [0.1, 0.15) is 292 Å². The fourth-order valence-electron chi connectivity index (χ4n) is 24.6. The summed E-state index contributed by atoms with van der Waals surface area (Å²) in [5.74, 6) is 0. The lowest BCUT2D eigenvalue weighted by Crippen LogP contribution is -2.55. The Hall–Kier alpha value is -0.640. The first-order valence-electron chi connectivity index (χ1n) is 48.9. The van der Waals surface area contributed by atoms with Gasteiger partial charge in [0.2, 0.25) is 0 Å². The van der Waals surface area contributed by atoms with E-state index in [1.54, 1.807) is 0 Å². The largest absolute Gasteiger partial charge is 0.306 e. The van der Waals surface area contributed by atoms with Crippen LogP contribution in [-0.2, 0) is 0 Å². The predicted octanol–water partition coefficient (Wildman–Crippen LogP) is 15.6. The zero-order chi connectivity index (χ0) is 83.5. The number of piperidine rings is 10. The highest BCUT2D eigenvalue weighted by atomic mass is 15.4. The summed E-state index contributed by atoms with van der Waals surface area (Å²) in [6, 6.07) is 3.69. The van der Waals surface area contributed by atoms with Crippen molar-refractivity contribution in [2.75, 3.05) is 253 Å². The maximum absolute atomic E-state index is 2.69. The second-order valence-corrected chi connectivity index (χ2v) is 47.3. The molecule has 0 aromatic heterocycles. The SMILES string of the molecule is CC(C)N1CCC2(CCCN(C)C2)CC1.CC(C)N1CCC2(CCN(C)CC2)CC1.CC(C)N1CCC2(CN(C)C2)C1.CC(C)N1CCCC2(CCCN2C)C1.CC(C)N1CCCC2(CCN(C)CC2)C1.CN1CC12CCN(C(C)(C)C)CC2.CN1CCC2(CCCN(C(C)(C)C)C2)C1.CN1CCC2(CCN(C(C)(C)C)CC2)C1. The first-order chi connectivity index (χ1) is 53.4. The highest BCUT2D eigenvalue weighted by molar-refractivity contribution is 5.09. The van der Waals surface area contributed by atoms with Crippen molar-refractivity contribution in [3.8, 4) is 0 Å². The van der Waals surface area contributed by atoms with Gasteiger partial charge < -0.3 is 49.0 Å². The molecule has 16 aliphatic rings. The van der Waals surface area contributed by atoms with Gasteiger partial charge in [-0.25, -0.2) is 0 Å². The zero-order valence-electron chi connectivity index (χ0n) is 81.4. The fourth-order valence-corrected chi connectivity index (χ4v) is 24.6. The summed E-state index contributed by atoms with van der Waals surface area (Å²) in [6.07, 6.45) is 35.6. The third-order valence-electron chi connectivity index (χ3n) is 33.7. The predicted molar refractivity (Wildman–Crippen MR) is 493 cm³/mol. The molecule has 0 saturated carbocycles. The summed E-state index contributed by atoms with van der Waals surface area (Å²) in [5, 5.41) is 0. The second-order valence-electron chi connectivity index (χ2n) is 47.3. The molecule has 3 unspecified atom stereocenters. The van der Waals surface area contributed by atoms with Crippen molar-refractivity contribution < 1.29 is 0 Å². The summed E-state index contributed by atoms with van der Waals surface area (Å²) in [5.41, 5.74) is 6.33. The molecule has 8 spiro atoms. The molecule has 0 aromatic rings. The molecule has 0 bridgehead atoms. The Morgan fingerprint density at radius 2 is 0.465 bits per heavy atom. The first-order valence-corrected chi connectivity index (χ1v) is 48.9. The van der Waals surface area contributed by atoms with Crippen LogP contribution >= 0.6 is 0 Å². The van der Waals surface area contributed by atoms with E-state index in [-0.39, 0.29) is 0 Å². The van der Waals surface area contributed by atoms with Gasteiger partial charge in [-0.15, -0.1) is 0 Å². The molecular formula is C98H196N16. The van der Waals surface area contributed by atoms with E-state index >= 15 is 0 Å². The minimum atomic E-state index is 0.356. The normalized spacial score (nSPS) is 31.2. The molecule has 16 heteroatoms. The summed E-state index contributed by atoms with van der Waals surface area (Å²) >= 11 is 0. The number of rotatable bonds is 5. The fraction of sp³-hybridized carbons (Fsp3) is 1.00. The van der Waals surface area contributed by atoms with Gasteiger partial charge in [0.15, 0.2) is 0 Å². The highest BCUT2D eigenvalue weighted by Crippen LogP contribution is 2.47. The molecule has 0 amide bonds. The summed E-state index contributed by atoms with van der Waals surface area (Å²) in [4.78, 5) is 41.3. The molecule has 668 valence electrons. The second kappa shape index (κ2) is 41.4. The molecule has 16 rings (SSSR count). The number of likely N-dealkylation sites (tertiary alicyclic amines) is 15. The lowest BCUT2D eigenvalue weighted by Gasteiger charge is -2.48. The van der Waals surface area contributed by atoms with Crippen molar-refractivity contribution in [3.05, 3.63) is 0 Å². The number of nitrogens with zero attached hydrogens (tertiary/aromatic N) is 16. The topological polar surface area (TPSA) is 51.6 Å². The maximum atomic E-state index is 2.69. The molecule has 0 aromatic carbocycles. The quantitative estimate of drug-likeness (QED) is 0.245. The van der Waals surface area contributed by atoms with E-state index in [0.29, 0.717) is 54.8 Å². The van der Waals surface area contributed by atoms with Crippen LogP contribution in [0.5, 0.6) is 0 Å². The van der Waals surface area contributed by atoms with Gasteiger partial charge in [0.25, 0.3) is 0 Å². The van der Waals surface area contributed by atoms with E-state index in [2.05, 4.69) is 266 Å². The molecule has 0 aliphatic carbocycles. The van der Waals surface area contributed by atoms with E-state index in [0.717, 1.165) is 35.6 Å². The van der Waals surface area contributed by atoms with Crippen molar-refractivity contribution in [1.82, 2.24) is 78.4 Å². The van der Waals surface area contributed by atoms with E-state index in [4.69, 9.17) is 0 Å². The van der Waals surface area contributed by atoms with E-state index in [1.807, 2.05) is 0 Å². The number of hydrogen-bond donors (Lipinski definition) is 0. The smallest absolute Gasteiger partial charge is 0.0358 e. The van der Waals surface area contributed by atoms with Crippen molar-refractivity contribution in [3.63, 3.8) is 0 Å². The van der Waals surface area contributed by atoms with Gasteiger partial charge in [0.05, 0.1) is 0 Å². The highest BCUT2D eigenvalue weighted by Gasteiger charge is 2.52. The molecule has 0 N–H and O–H groups in total. The Morgan fingerprint density at radius 3 is 0.868 bits per heavy atom. The molecular weight excluding hydrogens is 1400 g/mol. The Labute approximate surface area is 709 Å². The zero-order valence-corrected chi connectivity index (χ0v) is 81.4. The average molecular weight is 1600 g/mol. The van der Waals surface area contributed by atoms with Crippen molar-refractivity contribution in [2.24, 2.45) is 32.5 Å². The van der Waals surface area contributed by atoms with E-state index in [9.17, 15) is 0 Å². The maximum Gasteiger partial charge on any atom is 0.0358 e. The molecule has 16 saturated heterocycles.